The van der Waals surface area contributed by atoms with Crippen LogP contribution in [0, 0.1) is 0 Å². The van der Waals surface area contributed by atoms with Crippen LogP contribution in [-0.2, 0) is 17.8 Å². The number of anilines is 1. The Morgan fingerprint density at radius 1 is 1.07 bits per heavy atom. The Labute approximate surface area is 162 Å². The molecule has 2 aromatic heterocycles. The van der Waals surface area contributed by atoms with Crippen LogP contribution in [0.1, 0.15) is 19.4 Å². The molecule has 0 N–H and O–H groups in total. The highest BCUT2D eigenvalue weighted by Crippen LogP contribution is 2.24. The van der Waals surface area contributed by atoms with E-state index in [0.29, 0.717) is 23.0 Å². The van der Waals surface area contributed by atoms with E-state index >= 15 is 0 Å². The summed E-state index contributed by atoms with van der Waals surface area (Å²) < 4.78 is 6.95. The van der Waals surface area contributed by atoms with Gasteiger partial charge in [0.1, 0.15) is 17.5 Å². The maximum Gasteiger partial charge on any atom is 0.347 e. The maximum absolute atomic E-state index is 13.1. The van der Waals surface area contributed by atoms with Gasteiger partial charge in [-0.15, -0.1) is 0 Å². The molecule has 0 atom stereocenters. The summed E-state index contributed by atoms with van der Waals surface area (Å²) in [5, 5.41) is 5.45. The lowest BCUT2D eigenvalue weighted by molar-refractivity contribution is -0.119. The van der Waals surface area contributed by atoms with E-state index in [0.717, 1.165) is 23.1 Å². The van der Waals surface area contributed by atoms with E-state index in [4.69, 9.17) is 4.42 Å². The van der Waals surface area contributed by atoms with Crippen molar-refractivity contribution in [3.63, 3.8) is 0 Å². The predicted octanol–water partition coefficient (Wildman–Crippen LogP) is 3.76. The monoisotopic (exact) mass is 375 g/mol. The van der Waals surface area contributed by atoms with Gasteiger partial charge in [0.05, 0.1) is 11.7 Å². The third-order valence-electron chi connectivity index (χ3n) is 4.97. The number of aromatic nitrogens is 2. The quantitative estimate of drug-likeness (QED) is 0.498. The Kier molecular flexibility index (Phi) is 4.69. The highest BCUT2D eigenvalue weighted by Gasteiger charge is 2.20. The third-order valence-corrected chi connectivity index (χ3v) is 4.97. The number of amides is 1. The minimum absolute atomic E-state index is 0.0445. The van der Waals surface area contributed by atoms with Gasteiger partial charge in [0.2, 0.25) is 5.91 Å². The average Bonchev–Trinajstić information content (AvgIpc) is 3.13. The first-order chi connectivity index (χ1) is 13.6. The predicted molar refractivity (Wildman–Crippen MR) is 110 cm³/mol. The summed E-state index contributed by atoms with van der Waals surface area (Å²) in [5.74, 6) is -0.0780. The van der Waals surface area contributed by atoms with Crippen molar-refractivity contribution in [1.82, 2.24) is 9.78 Å². The molecule has 2 aromatic carbocycles. The second-order valence-electron chi connectivity index (χ2n) is 6.57. The number of nitrogens with zero attached hydrogens (tertiary/aromatic N) is 3. The zero-order chi connectivity index (χ0) is 19.7. The van der Waals surface area contributed by atoms with E-state index in [1.54, 1.807) is 15.6 Å². The zero-order valence-corrected chi connectivity index (χ0v) is 15.9. The van der Waals surface area contributed by atoms with Crippen molar-refractivity contribution in [3.8, 4) is 0 Å². The molecule has 0 radical (unpaired) electrons. The smallest absolute Gasteiger partial charge is 0.347 e. The lowest BCUT2D eigenvalue weighted by Gasteiger charge is -2.23. The summed E-state index contributed by atoms with van der Waals surface area (Å²) in [6, 6.07) is 15.2. The van der Waals surface area contributed by atoms with E-state index in [9.17, 15) is 9.59 Å². The molecular formula is C22H21N3O3. The van der Waals surface area contributed by atoms with Crippen molar-refractivity contribution < 1.29 is 9.21 Å². The van der Waals surface area contributed by atoms with Gasteiger partial charge in [0, 0.05) is 17.6 Å². The normalized spacial score (nSPS) is 11.2. The number of carbonyl (C=O) groups excluding carboxylic acids is 1. The lowest BCUT2D eigenvalue weighted by atomic mass is 10.1. The number of para-hydroxylation sites is 2. The van der Waals surface area contributed by atoms with Crippen LogP contribution < -0.4 is 10.5 Å². The fourth-order valence-electron chi connectivity index (χ4n) is 3.61. The molecule has 0 fully saturated rings. The van der Waals surface area contributed by atoms with Gasteiger partial charge in [-0.25, -0.2) is 4.79 Å². The second kappa shape index (κ2) is 7.31. The lowest BCUT2D eigenvalue weighted by Crippen LogP contribution is -2.34. The van der Waals surface area contributed by atoms with Crippen molar-refractivity contribution >= 4 is 33.5 Å². The largest absolute Gasteiger partial charge is 0.422 e. The molecule has 0 aliphatic carbocycles. The van der Waals surface area contributed by atoms with E-state index in [2.05, 4.69) is 12.0 Å². The number of benzene rings is 2. The fraction of sp³-hybridized carbons (Fsp3) is 0.227. The molecule has 1 amide bonds. The minimum atomic E-state index is -0.448. The molecule has 0 saturated heterocycles. The molecule has 142 valence electrons. The Hall–Kier alpha value is -3.41. The van der Waals surface area contributed by atoms with Gasteiger partial charge >= 0.3 is 5.63 Å². The van der Waals surface area contributed by atoms with Gasteiger partial charge in [-0.2, -0.15) is 5.10 Å². The summed E-state index contributed by atoms with van der Waals surface area (Å²) in [6.07, 6.45) is 2.31. The molecule has 6 nitrogen and oxygen atoms in total. The molecule has 0 aliphatic heterocycles. The van der Waals surface area contributed by atoms with Gasteiger partial charge in [0.15, 0.2) is 0 Å². The molecule has 0 aliphatic rings. The van der Waals surface area contributed by atoms with Gasteiger partial charge in [-0.3, -0.25) is 9.48 Å². The van der Waals surface area contributed by atoms with Crippen LogP contribution in [0.4, 0.5) is 5.69 Å². The fourth-order valence-corrected chi connectivity index (χ4v) is 3.61. The maximum atomic E-state index is 13.1. The molecule has 4 aromatic rings. The molecule has 0 spiro atoms. The Morgan fingerprint density at radius 3 is 2.61 bits per heavy atom. The first kappa shape index (κ1) is 18.0. The summed E-state index contributed by atoms with van der Waals surface area (Å²) in [6.45, 7) is 4.62. The van der Waals surface area contributed by atoms with Gasteiger partial charge in [0.25, 0.3) is 0 Å². The van der Waals surface area contributed by atoms with E-state index in [1.165, 1.54) is 6.20 Å². The van der Waals surface area contributed by atoms with Crippen molar-refractivity contribution in [2.75, 3.05) is 11.4 Å². The summed E-state index contributed by atoms with van der Waals surface area (Å²) in [4.78, 5) is 27.2. The molecule has 0 bridgehead atoms. The Morgan fingerprint density at radius 2 is 1.82 bits per heavy atom. The molecular weight excluding hydrogens is 354 g/mol. The number of fused-ring (bicyclic) bond motifs is 3. The van der Waals surface area contributed by atoms with Crippen molar-refractivity contribution in [1.29, 1.82) is 0 Å². The number of aryl methyl sites for hydroxylation is 1. The van der Waals surface area contributed by atoms with Crippen LogP contribution >= 0.6 is 0 Å². The Balaban J connectivity index is 1.77. The van der Waals surface area contributed by atoms with Crippen molar-refractivity contribution in [3.05, 3.63) is 70.7 Å². The highest BCUT2D eigenvalue weighted by molar-refractivity contribution is 6.03. The van der Waals surface area contributed by atoms with Gasteiger partial charge in [-0.05, 0) is 37.1 Å². The molecule has 2 heterocycles. The number of hydrogen-bond donors (Lipinski definition) is 0. The summed E-state index contributed by atoms with van der Waals surface area (Å²) in [5.41, 5.74) is 2.70. The van der Waals surface area contributed by atoms with E-state index in [1.807, 2.05) is 49.4 Å². The molecule has 0 unspecified atom stereocenters. The number of likely N-dealkylation sites (N-methyl/N-ethyl adjacent to an activating group) is 1. The number of hydrogen-bond acceptors (Lipinski definition) is 4. The third kappa shape index (κ3) is 2.97. The van der Waals surface area contributed by atoms with E-state index in [-0.39, 0.29) is 12.5 Å². The van der Waals surface area contributed by atoms with Crippen LogP contribution in [0.2, 0.25) is 0 Å². The van der Waals surface area contributed by atoms with Crippen LogP contribution in [0.15, 0.2) is 63.9 Å². The van der Waals surface area contributed by atoms with Gasteiger partial charge < -0.3 is 9.32 Å². The SMILES string of the molecule is CCc1ccccc1N(CC)C(=O)Cn1ncc2c(=O)oc3ccccc3c21. The van der Waals surface area contributed by atoms with Crippen LogP contribution in [0.5, 0.6) is 0 Å². The van der Waals surface area contributed by atoms with Crippen LogP contribution in [0.25, 0.3) is 21.9 Å². The highest BCUT2D eigenvalue weighted by atomic mass is 16.4. The van der Waals surface area contributed by atoms with E-state index < -0.39 is 5.63 Å². The minimum Gasteiger partial charge on any atom is -0.422 e. The first-order valence-electron chi connectivity index (χ1n) is 9.39. The van der Waals surface area contributed by atoms with Crippen LogP contribution in [-0.4, -0.2) is 22.2 Å². The molecule has 6 heteroatoms. The van der Waals surface area contributed by atoms with Crippen LogP contribution in [0.3, 0.4) is 0 Å². The van der Waals surface area contributed by atoms with Gasteiger partial charge in [-0.1, -0.05) is 37.3 Å². The molecule has 28 heavy (non-hydrogen) atoms. The number of carbonyl (C=O) groups is 1. The standard InChI is InChI=1S/C22H21N3O3/c1-3-15-9-5-7-11-18(15)24(4-2)20(26)14-25-21-16-10-6-8-12-19(16)28-22(27)17(21)13-23-25/h5-13H,3-4,14H2,1-2H3. The molecule has 0 saturated carbocycles. The first-order valence-corrected chi connectivity index (χ1v) is 9.39. The second-order valence-corrected chi connectivity index (χ2v) is 6.57. The average molecular weight is 375 g/mol. The summed E-state index contributed by atoms with van der Waals surface area (Å²) >= 11 is 0. The zero-order valence-electron chi connectivity index (χ0n) is 15.9. The number of rotatable bonds is 5. The summed E-state index contributed by atoms with van der Waals surface area (Å²) in [7, 11) is 0. The topological polar surface area (TPSA) is 68.3 Å². The molecule has 4 rings (SSSR count). The van der Waals surface area contributed by atoms with Crippen molar-refractivity contribution in [2.24, 2.45) is 0 Å². The van der Waals surface area contributed by atoms with Crippen molar-refractivity contribution in [2.45, 2.75) is 26.8 Å². The Bertz CT molecular complexity index is 1220.